The highest BCUT2D eigenvalue weighted by molar-refractivity contribution is 6.34. The monoisotopic (exact) mass is 373 g/mol. The van der Waals surface area contributed by atoms with Crippen LogP contribution in [0.3, 0.4) is 0 Å². The molecule has 0 saturated carbocycles. The molecule has 3 rings (SSSR count). The molecule has 0 atom stereocenters. The van der Waals surface area contributed by atoms with Crippen LogP contribution in [-0.2, 0) is 6.61 Å². The quantitative estimate of drug-likeness (QED) is 0.645. The van der Waals surface area contributed by atoms with E-state index in [4.69, 9.17) is 16.3 Å². The molecule has 0 unspecified atom stereocenters. The smallest absolute Gasteiger partial charge is 0.257 e. The van der Waals surface area contributed by atoms with Crippen molar-refractivity contribution >= 4 is 23.2 Å². The van der Waals surface area contributed by atoms with Gasteiger partial charge in [0.15, 0.2) is 0 Å². The number of carbonyl (C=O) groups excluding carboxylic acids is 1. The fraction of sp³-hybridized carbons (Fsp3) is 0.0500. The Hall–Kier alpha value is -2.92. The first-order valence-electron chi connectivity index (χ1n) is 7.75. The largest absolute Gasteiger partial charge is 0.489 e. The van der Waals surface area contributed by atoms with E-state index in [2.05, 4.69) is 5.32 Å². The third kappa shape index (κ3) is 4.58. The Morgan fingerprint density at radius 2 is 1.69 bits per heavy atom. The molecule has 0 aliphatic heterocycles. The van der Waals surface area contributed by atoms with Crippen molar-refractivity contribution in [3.8, 4) is 5.75 Å². The van der Waals surface area contributed by atoms with E-state index in [0.29, 0.717) is 11.4 Å². The van der Waals surface area contributed by atoms with Crippen LogP contribution in [0.1, 0.15) is 15.9 Å². The van der Waals surface area contributed by atoms with Gasteiger partial charge < -0.3 is 10.1 Å². The van der Waals surface area contributed by atoms with Gasteiger partial charge in [0.2, 0.25) is 0 Å². The second-order valence-corrected chi connectivity index (χ2v) is 5.93. The zero-order valence-electron chi connectivity index (χ0n) is 13.5. The van der Waals surface area contributed by atoms with Gasteiger partial charge in [-0.1, -0.05) is 29.8 Å². The van der Waals surface area contributed by atoms with Gasteiger partial charge in [-0.2, -0.15) is 0 Å². The molecule has 0 aliphatic carbocycles. The summed E-state index contributed by atoms with van der Waals surface area (Å²) in [5, 5.41) is 2.72. The lowest BCUT2D eigenvalue weighted by Crippen LogP contribution is -2.12. The molecule has 1 amide bonds. The second kappa shape index (κ2) is 7.97. The molecule has 0 radical (unpaired) electrons. The fourth-order valence-corrected chi connectivity index (χ4v) is 2.54. The van der Waals surface area contributed by atoms with Gasteiger partial charge in [0.05, 0.1) is 10.6 Å². The van der Waals surface area contributed by atoms with Crippen LogP contribution in [0, 0.1) is 11.6 Å². The van der Waals surface area contributed by atoms with Crippen molar-refractivity contribution in [3.05, 3.63) is 94.5 Å². The first-order valence-corrected chi connectivity index (χ1v) is 8.13. The van der Waals surface area contributed by atoms with Crippen LogP contribution in [0.2, 0.25) is 5.02 Å². The highest BCUT2D eigenvalue weighted by Gasteiger charge is 2.11. The van der Waals surface area contributed by atoms with Gasteiger partial charge in [0.1, 0.15) is 24.0 Å². The molecule has 26 heavy (non-hydrogen) atoms. The van der Waals surface area contributed by atoms with Crippen LogP contribution in [0.15, 0.2) is 66.7 Å². The highest BCUT2D eigenvalue weighted by Crippen LogP contribution is 2.22. The summed E-state index contributed by atoms with van der Waals surface area (Å²) in [5.74, 6) is -0.733. The number of hydrogen-bond acceptors (Lipinski definition) is 2. The summed E-state index contributed by atoms with van der Waals surface area (Å²) >= 11 is 5.90. The summed E-state index contributed by atoms with van der Waals surface area (Å²) in [6, 6.07) is 16.4. The Morgan fingerprint density at radius 3 is 2.42 bits per heavy atom. The Labute approximate surface area is 154 Å². The van der Waals surface area contributed by atoms with Gasteiger partial charge in [-0.05, 0) is 48.0 Å². The lowest BCUT2D eigenvalue weighted by atomic mass is 10.2. The Balaban J connectivity index is 1.66. The third-order valence-corrected chi connectivity index (χ3v) is 3.90. The molecular weight excluding hydrogens is 360 g/mol. The molecule has 0 bridgehead atoms. The van der Waals surface area contributed by atoms with Crippen LogP contribution in [0.5, 0.6) is 5.75 Å². The maximum Gasteiger partial charge on any atom is 0.257 e. The number of amides is 1. The lowest BCUT2D eigenvalue weighted by molar-refractivity contribution is 0.102. The van der Waals surface area contributed by atoms with E-state index >= 15 is 0 Å². The molecule has 0 heterocycles. The molecule has 3 nitrogen and oxygen atoms in total. The maximum absolute atomic E-state index is 13.1. The van der Waals surface area contributed by atoms with Gasteiger partial charge in [-0.25, -0.2) is 8.78 Å². The van der Waals surface area contributed by atoms with E-state index in [1.807, 2.05) is 0 Å². The van der Waals surface area contributed by atoms with Gasteiger partial charge in [-0.15, -0.1) is 0 Å². The van der Waals surface area contributed by atoms with Gasteiger partial charge in [0.25, 0.3) is 5.91 Å². The Morgan fingerprint density at radius 1 is 0.962 bits per heavy atom. The topological polar surface area (TPSA) is 38.3 Å². The summed E-state index contributed by atoms with van der Waals surface area (Å²) in [5.41, 5.74) is 1.50. The predicted octanol–water partition coefficient (Wildman–Crippen LogP) is 5.45. The molecule has 6 heteroatoms. The van der Waals surface area contributed by atoms with Crippen molar-refractivity contribution in [2.45, 2.75) is 6.61 Å². The number of nitrogens with one attached hydrogen (secondary N) is 1. The van der Waals surface area contributed by atoms with Crippen molar-refractivity contribution in [1.82, 2.24) is 0 Å². The molecule has 3 aromatic carbocycles. The Bertz CT molecular complexity index is 929. The SMILES string of the molecule is O=C(Nc1cccc(OCc2ccc(F)cc2)c1)c1ccc(F)cc1Cl. The first-order chi connectivity index (χ1) is 12.5. The van der Waals surface area contributed by atoms with Gasteiger partial charge >= 0.3 is 0 Å². The van der Waals surface area contributed by atoms with E-state index in [9.17, 15) is 13.6 Å². The summed E-state index contributed by atoms with van der Waals surface area (Å²) in [6.07, 6.45) is 0. The van der Waals surface area contributed by atoms with Crippen LogP contribution in [0.4, 0.5) is 14.5 Å². The van der Waals surface area contributed by atoms with Crippen molar-refractivity contribution in [2.75, 3.05) is 5.32 Å². The van der Waals surface area contributed by atoms with Crippen molar-refractivity contribution in [1.29, 1.82) is 0 Å². The van der Waals surface area contributed by atoms with Crippen LogP contribution in [-0.4, -0.2) is 5.91 Å². The summed E-state index contributed by atoms with van der Waals surface area (Å²) < 4.78 is 31.6. The molecule has 0 aliphatic rings. The van der Waals surface area contributed by atoms with Crippen molar-refractivity contribution in [2.24, 2.45) is 0 Å². The molecule has 1 N–H and O–H groups in total. The van der Waals surface area contributed by atoms with E-state index in [-0.39, 0.29) is 23.0 Å². The predicted molar refractivity (Wildman–Crippen MR) is 96.5 cm³/mol. The molecule has 3 aromatic rings. The van der Waals surface area contributed by atoms with E-state index in [1.54, 1.807) is 36.4 Å². The zero-order valence-corrected chi connectivity index (χ0v) is 14.3. The minimum absolute atomic E-state index is 0.0335. The number of hydrogen-bond donors (Lipinski definition) is 1. The molecule has 132 valence electrons. The molecule has 0 fully saturated rings. The van der Waals surface area contributed by atoms with Gasteiger partial charge in [-0.3, -0.25) is 4.79 Å². The van der Waals surface area contributed by atoms with Gasteiger partial charge in [0, 0.05) is 11.8 Å². The standard InChI is InChI=1S/C20H14ClF2NO2/c21-19-10-15(23)8-9-18(19)20(25)24-16-2-1-3-17(11-16)26-12-13-4-6-14(22)7-5-13/h1-11H,12H2,(H,24,25). The second-order valence-electron chi connectivity index (χ2n) is 5.52. The summed E-state index contributed by atoms with van der Waals surface area (Å²) in [4.78, 5) is 12.3. The average molecular weight is 374 g/mol. The van der Waals surface area contributed by atoms with Crippen LogP contribution in [0.25, 0.3) is 0 Å². The number of halogens is 3. The molecule has 0 aromatic heterocycles. The van der Waals surface area contributed by atoms with E-state index < -0.39 is 11.7 Å². The number of carbonyl (C=O) groups is 1. The van der Waals surface area contributed by atoms with Crippen molar-refractivity contribution < 1.29 is 18.3 Å². The minimum Gasteiger partial charge on any atom is -0.489 e. The van der Waals surface area contributed by atoms with Crippen LogP contribution < -0.4 is 10.1 Å². The van der Waals surface area contributed by atoms with Crippen LogP contribution >= 0.6 is 11.6 Å². The normalized spacial score (nSPS) is 10.4. The molecule has 0 spiro atoms. The van der Waals surface area contributed by atoms with Crippen molar-refractivity contribution in [3.63, 3.8) is 0 Å². The maximum atomic E-state index is 13.1. The average Bonchev–Trinajstić information content (AvgIpc) is 2.61. The van der Waals surface area contributed by atoms with E-state index in [1.165, 1.54) is 24.3 Å². The number of rotatable bonds is 5. The molecular formula is C20H14ClF2NO2. The summed E-state index contributed by atoms with van der Waals surface area (Å²) in [7, 11) is 0. The third-order valence-electron chi connectivity index (χ3n) is 3.59. The number of benzene rings is 3. The lowest BCUT2D eigenvalue weighted by Gasteiger charge is -2.10. The molecule has 0 saturated heterocycles. The zero-order chi connectivity index (χ0) is 18.5. The van der Waals surface area contributed by atoms with E-state index in [0.717, 1.165) is 11.6 Å². The number of anilines is 1. The first kappa shape index (κ1) is 17.9. The fourth-order valence-electron chi connectivity index (χ4n) is 2.28. The minimum atomic E-state index is -0.511. The number of ether oxygens (including phenoxy) is 1. The highest BCUT2D eigenvalue weighted by atomic mass is 35.5. The Kier molecular flexibility index (Phi) is 5.49. The summed E-state index contributed by atoms with van der Waals surface area (Å²) in [6.45, 7) is 0.265.